The first-order valence-corrected chi connectivity index (χ1v) is 12.8. The number of amides is 3. The first-order chi connectivity index (χ1) is 18.1. The molecule has 13 nitrogen and oxygen atoms in total. The zero-order valence-electron chi connectivity index (χ0n) is 21.1. The van der Waals surface area contributed by atoms with Crippen LogP contribution in [0.1, 0.15) is 37.7 Å². The van der Waals surface area contributed by atoms with Crippen molar-refractivity contribution in [3.05, 3.63) is 29.8 Å². The third kappa shape index (κ3) is 7.87. The Morgan fingerprint density at radius 3 is 2.29 bits per heavy atom. The minimum Gasteiger partial charge on any atom is -0.508 e. The highest BCUT2D eigenvalue weighted by Gasteiger charge is 2.43. The second kappa shape index (κ2) is 13.5. The van der Waals surface area contributed by atoms with Crippen molar-refractivity contribution in [1.29, 1.82) is 0 Å². The Hall–Kier alpha value is -3.26. The number of carboxylic acids is 1. The van der Waals surface area contributed by atoms with Crippen LogP contribution >= 0.6 is 0 Å². The van der Waals surface area contributed by atoms with Gasteiger partial charge in [-0.3, -0.25) is 14.4 Å². The zero-order chi connectivity index (χ0) is 27.8. The van der Waals surface area contributed by atoms with Gasteiger partial charge < -0.3 is 47.0 Å². The Morgan fingerprint density at radius 1 is 1.00 bits per heavy atom. The number of nitrogens with zero attached hydrogens (tertiary/aromatic N) is 1. The van der Waals surface area contributed by atoms with E-state index < -0.39 is 60.1 Å². The van der Waals surface area contributed by atoms with E-state index in [0.717, 1.165) is 0 Å². The van der Waals surface area contributed by atoms with Crippen LogP contribution < -0.4 is 21.7 Å². The van der Waals surface area contributed by atoms with Crippen molar-refractivity contribution in [3.8, 4) is 5.75 Å². The molecule has 2 saturated heterocycles. The van der Waals surface area contributed by atoms with Gasteiger partial charge in [0.2, 0.25) is 17.7 Å². The van der Waals surface area contributed by atoms with Crippen LogP contribution in [0.5, 0.6) is 5.75 Å². The third-order valence-electron chi connectivity index (χ3n) is 6.84. The molecule has 1 aromatic rings. The van der Waals surface area contributed by atoms with Gasteiger partial charge >= 0.3 is 5.97 Å². The van der Waals surface area contributed by atoms with Crippen molar-refractivity contribution < 1.29 is 39.6 Å². The quantitative estimate of drug-likeness (QED) is 0.135. The van der Waals surface area contributed by atoms with Crippen LogP contribution in [0.4, 0.5) is 0 Å². The number of unbranched alkanes of at least 4 members (excludes halogenated alkanes) is 1. The molecule has 6 atom stereocenters. The molecule has 2 fully saturated rings. The summed E-state index contributed by atoms with van der Waals surface area (Å²) in [7, 11) is 0. The van der Waals surface area contributed by atoms with Gasteiger partial charge in [-0.05, 0) is 49.9 Å². The number of nitrogens with two attached hydrogens (primary N) is 1. The van der Waals surface area contributed by atoms with Crippen molar-refractivity contribution in [3.63, 3.8) is 0 Å². The number of nitrogens with one attached hydrogen (secondary N) is 3. The number of carbonyl (C=O) groups is 4. The summed E-state index contributed by atoms with van der Waals surface area (Å²) in [5.41, 5.74) is 6.10. The number of carboxylic acid groups (broad SMARTS) is 1. The minimum atomic E-state index is -1.21. The number of hydrogen-bond donors (Lipinski definition) is 8. The van der Waals surface area contributed by atoms with Crippen LogP contribution in [-0.4, -0.2) is 105 Å². The predicted octanol–water partition coefficient (Wildman–Crippen LogP) is -2.20. The highest BCUT2D eigenvalue weighted by atomic mass is 16.4. The molecule has 0 aromatic heterocycles. The fourth-order valence-corrected chi connectivity index (χ4v) is 4.78. The third-order valence-corrected chi connectivity index (χ3v) is 6.84. The molecule has 3 rings (SSSR count). The number of carbonyl (C=O) groups excluding carboxylic acids is 3. The second-order valence-corrected chi connectivity index (χ2v) is 9.86. The number of aromatic hydroxyl groups is 1. The summed E-state index contributed by atoms with van der Waals surface area (Å²) in [4.78, 5) is 52.5. The number of phenols is 1. The van der Waals surface area contributed by atoms with E-state index in [2.05, 4.69) is 16.0 Å². The smallest absolute Gasteiger partial charge is 0.326 e. The number of likely N-dealkylation sites (tertiary alicyclic amines) is 1. The van der Waals surface area contributed by atoms with Gasteiger partial charge in [-0.15, -0.1) is 0 Å². The van der Waals surface area contributed by atoms with Crippen LogP contribution in [0.15, 0.2) is 24.3 Å². The highest BCUT2D eigenvalue weighted by molar-refractivity contribution is 5.95. The van der Waals surface area contributed by atoms with Gasteiger partial charge in [-0.25, -0.2) is 4.79 Å². The van der Waals surface area contributed by atoms with Crippen molar-refractivity contribution in [2.45, 2.75) is 74.9 Å². The standard InChI is InChI=1S/C25H37N5O8/c26-8-2-1-3-18(25(37)38)28-23(35)21-11-17(33)13-30(21)24(36)20(9-14-4-6-15(31)7-5-14)29-22(34)19-10-16(32)12-27-19/h4-7,16-21,27,31-33H,1-3,8-13,26H2,(H,28,35)(H,29,34)(H,37,38)/t16-,17-,18+,19+,20+,21+/m1/s1. The van der Waals surface area contributed by atoms with Gasteiger partial charge in [-0.1, -0.05) is 12.1 Å². The number of β-amino-alcohol motifs (C(OH)–C–C–N with tert-alkyl or cyclic N) is 2. The van der Waals surface area contributed by atoms with Crippen molar-refractivity contribution in [1.82, 2.24) is 20.9 Å². The molecule has 2 aliphatic rings. The average Bonchev–Trinajstić information content (AvgIpc) is 3.49. The summed E-state index contributed by atoms with van der Waals surface area (Å²) >= 11 is 0. The normalized spacial score (nSPS) is 24.6. The molecular weight excluding hydrogens is 498 g/mol. The lowest BCUT2D eigenvalue weighted by Crippen LogP contribution is -2.57. The fourth-order valence-electron chi connectivity index (χ4n) is 4.78. The maximum atomic E-state index is 13.7. The molecule has 2 heterocycles. The summed E-state index contributed by atoms with van der Waals surface area (Å²) in [6, 6.07) is 1.97. The summed E-state index contributed by atoms with van der Waals surface area (Å²) in [6.45, 7) is 0.469. The minimum absolute atomic E-state index is 0.0312. The van der Waals surface area contributed by atoms with Gasteiger partial charge in [0.05, 0.1) is 18.2 Å². The summed E-state index contributed by atoms with van der Waals surface area (Å²) < 4.78 is 0. The molecule has 0 saturated carbocycles. The van der Waals surface area contributed by atoms with Gasteiger partial charge in [-0.2, -0.15) is 0 Å². The van der Waals surface area contributed by atoms with E-state index in [1.54, 1.807) is 12.1 Å². The van der Waals surface area contributed by atoms with Gasteiger partial charge in [0.15, 0.2) is 0 Å². The Labute approximate surface area is 220 Å². The lowest BCUT2D eigenvalue weighted by molar-refractivity contribution is -0.145. The molecule has 0 spiro atoms. The molecule has 0 aliphatic carbocycles. The van der Waals surface area contributed by atoms with E-state index >= 15 is 0 Å². The molecule has 3 amide bonds. The molecule has 9 N–H and O–H groups in total. The molecule has 38 heavy (non-hydrogen) atoms. The van der Waals surface area contributed by atoms with E-state index in [9.17, 15) is 39.6 Å². The fraction of sp³-hybridized carbons (Fsp3) is 0.600. The second-order valence-electron chi connectivity index (χ2n) is 9.86. The number of aliphatic hydroxyl groups excluding tert-OH is 2. The maximum Gasteiger partial charge on any atom is 0.326 e. The number of aliphatic hydroxyl groups is 2. The molecule has 210 valence electrons. The van der Waals surface area contributed by atoms with Crippen LogP contribution in [-0.2, 0) is 25.6 Å². The van der Waals surface area contributed by atoms with E-state index in [-0.39, 0.29) is 44.5 Å². The van der Waals surface area contributed by atoms with Crippen LogP contribution in [0.3, 0.4) is 0 Å². The Kier molecular flexibility index (Phi) is 10.4. The molecule has 2 aliphatic heterocycles. The Balaban J connectivity index is 1.77. The van der Waals surface area contributed by atoms with Crippen molar-refractivity contribution in [2.75, 3.05) is 19.6 Å². The van der Waals surface area contributed by atoms with Crippen molar-refractivity contribution >= 4 is 23.7 Å². The van der Waals surface area contributed by atoms with E-state index in [0.29, 0.717) is 24.9 Å². The lowest BCUT2D eigenvalue weighted by atomic mass is 10.0. The van der Waals surface area contributed by atoms with E-state index in [4.69, 9.17) is 5.73 Å². The molecule has 0 radical (unpaired) electrons. The first kappa shape index (κ1) is 29.3. The molecular formula is C25H37N5O8. The van der Waals surface area contributed by atoms with Crippen LogP contribution in [0.25, 0.3) is 0 Å². The number of benzene rings is 1. The monoisotopic (exact) mass is 535 g/mol. The first-order valence-electron chi connectivity index (χ1n) is 12.8. The van der Waals surface area contributed by atoms with Crippen LogP contribution in [0.2, 0.25) is 0 Å². The van der Waals surface area contributed by atoms with Gasteiger partial charge in [0.1, 0.15) is 23.9 Å². The molecule has 0 bridgehead atoms. The molecule has 0 unspecified atom stereocenters. The van der Waals surface area contributed by atoms with Gasteiger partial charge in [0, 0.05) is 25.9 Å². The van der Waals surface area contributed by atoms with Crippen LogP contribution in [0, 0.1) is 0 Å². The van der Waals surface area contributed by atoms with E-state index in [1.807, 2.05) is 0 Å². The Morgan fingerprint density at radius 2 is 1.68 bits per heavy atom. The van der Waals surface area contributed by atoms with Crippen molar-refractivity contribution in [2.24, 2.45) is 5.73 Å². The topological polar surface area (TPSA) is 215 Å². The number of hydrogen-bond acceptors (Lipinski definition) is 9. The summed E-state index contributed by atoms with van der Waals surface area (Å²) in [6.07, 6.45) is -0.299. The average molecular weight is 536 g/mol. The predicted molar refractivity (Wildman–Crippen MR) is 135 cm³/mol. The largest absolute Gasteiger partial charge is 0.508 e. The van der Waals surface area contributed by atoms with Gasteiger partial charge in [0.25, 0.3) is 0 Å². The molecule has 1 aromatic carbocycles. The maximum absolute atomic E-state index is 13.7. The number of aliphatic carboxylic acids is 1. The zero-order valence-corrected chi connectivity index (χ0v) is 21.1. The molecule has 13 heteroatoms. The highest BCUT2D eigenvalue weighted by Crippen LogP contribution is 2.22. The number of rotatable bonds is 12. The number of phenolic OH excluding ortho intramolecular Hbond substituents is 1. The summed E-state index contributed by atoms with van der Waals surface area (Å²) in [5.74, 6) is -2.99. The summed E-state index contributed by atoms with van der Waals surface area (Å²) in [5, 5.41) is 47.3. The lowest BCUT2D eigenvalue weighted by Gasteiger charge is -2.30. The van der Waals surface area contributed by atoms with E-state index in [1.165, 1.54) is 17.0 Å². The Bertz CT molecular complexity index is 990. The SMILES string of the molecule is NCCCC[C@H](NC(=O)[C@@H]1C[C@@H](O)CN1C(=O)[C@H](Cc1ccc(O)cc1)NC(=O)[C@@H]1C[C@@H](O)CN1)C(=O)O.